The minimum atomic E-state index is 0.186. The summed E-state index contributed by atoms with van der Waals surface area (Å²) in [5.41, 5.74) is 1.79. The summed E-state index contributed by atoms with van der Waals surface area (Å²) >= 11 is 0. The van der Waals surface area contributed by atoms with E-state index in [2.05, 4.69) is 0 Å². The molecule has 0 aliphatic carbocycles. The van der Waals surface area contributed by atoms with Gasteiger partial charge in [-0.2, -0.15) is 0 Å². The van der Waals surface area contributed by atoms with Crippen LogP contribution in [0.4, 0.5) is 0 Å². The van der Waals surface area contributed by atoms with Gasteiger partial charge in [0.1, 0.15) is 5.75 Å². The quantitative estimate of drug-likeness (QED) is 0.685. The number of hydrogen-bond donors (Lipinski definition) is 0. The van der Waals surface area contributed by atoms with E-state index in [1.165, 1.54) is 0 Å². The molecule has 0 amide bonds. The molecule has 0 saturated heterocycles. The molecule has 0 aromatic heterocycles. The predicted molar refractivity (Wildman–Crippen MR) is 57.0 cm³/mol. The van der Waals surface area contributed by atoms with E-state index in [0.29, 0.717) is 13.0 Å². The Labute approximate surface area is 84.9 Å². The van der Waals surface area contributed by atoms with Gasteiger partial charge in [0, 0.05) is 12.0 Å². The summed E-state index contributed by atoms with van der Waals surface area (Å²) in [6, 6.07) is 5.60. The highest BCUT2D eigenvalue weighted by Crippen LogP contribution is 2.18. The van der Waals surface area contributed by atoms with Gasteiger partial charge in [-0.3, -0.25) is 4.79 Å². The lowest BCUT2D eigenvalue weighted by atomic mass is 10.0. The second-order valence-corrected chi connectivity index (χ2v) is 3.19. The summed E-state index contributed by atoms with van der Waals surface area (Å²) in [4.78, 5) is 11.5. The third-order valence-electron chi connectivity index (χ3n) is 2.13. The summed E-state index contributed by atoms with van der Waals surface area (Å²) in [7, 11) is 0. The van der Waals surface area contributed by atoms with Crippen molar-refractivity contribution in [3.8, 4) is 5.75 Å². The van der Waals surface area contributed by atoms with E-state index < -0.39 is 0 Å². The maximum absolute atomic E-state index is 11.5. The van der Waals surface area contributed by atoms with Crippen LogP contribution in [0.1, 0.15) is 36.2 Å². The van der Waals surface area contributed by atoms with E-state index in [4.69, 9.17) is 4.74 Å². The van der Waals surface area contributed by atoms with Crippen LogP contribution in [0.25, 0.3) is 0 Å². The number of carbonyl (C=O) groups excluding carboxylic acids is 1. The van der Waals surface area contributed by atoms with Crippen LogP contribution in [0.15, 0.2) is 18.2 Å². The van der Waals surface area contributed by atoms with Crippen molar-refractivity contribution in [1.82, 2.24) is 0 Å². The molecule has 14 heavy (non-hydrogen) atoms. The van der Waals surface area contributed by atoms with Crippen molar-refractivity contribution in [2.45, 2.75) is 27.2 Å². The molecule has 1 aromatic rings. The Morgan fingerprint density at radius 3 is 2.57 bits per heavy atom. The number of rotatable bonds is 4. The molecule has 0 bridgehead atoms. The third kappa shape index (κ3) is 2.34. The van der Waals surface area contributed by atoms with Crippen LogP contribution in [-0.4, -0.2) is 12.4 Å². The highest BCUT2D eigenvalue weighted by molar-refractivity contribution is 5.97. The van der Waals surface area contributed by atoms with Crippen molar-refractivity contribution < 1.29 is 9.53 Å². The molecule has 0 radical (unpaired) electrons. The first-order valence-corrected chi connectivity index (χ1v) is 4.95. The summed E-state index contributed by atoms with van der Waals surface area (Å²) in [5, 5.41) is 0. The molecule has 0 atom stereocenters. The molecule has 2 nitrogen and oxygen atoms in total. The molecule has 1 aromatic carbocycles. The Balaban J connectivity index is 2.95. The number of benzene rings is 1. The number of hydrogen-bond acceptors (Lipinski definition) is 2. The van der Waals surface area contributed by atoms with Crippen molar-refractivity contribution in [3.05, 3.63) is 29.3 Å². The van der Waals surface area contributed by atoms with E-state index in [0.717, 1.165) is 16.9 Å². The standard InChI is InChI=1S/C12H16O2/c1-4-12(13)11-7-6-10(14-5-2)8-9(11)3/h6-8H,4-5H2,1-3H3. The maximum Gasteiger partial charge on any atom is 0.162 e. The minimum absolute atomic E-state index is 0.186. The molecule has 0 spiro atoms. The van der Waals surface area contributed by atoms with Gasteiger partial charge in [-0.1, -0.05) is 6.92 Å². The van der Waals surface area contributed by atoms with Crippen molar-refractivity contribution in [1.29, 1.82) is 0 Å². The third-order valence-corrected chi connectivity index (χ3v) is 2.13. The fourth-order valence-corrected chi connectivity index (χ4v) is 1.40. The number of ketones is 1. The first kappa shape index (κ1) is 10.8. The summed E-state index contributed by atoms with van der Waals surface area (Å²) < 4.78 is 5.34. The second-order valence-electron chi connectivity index (χ2n) is 3.19. The molecule has 0 aliphatic rings. The fraction of sp³-hybridized carbons (Fsp3) is 0.417. The maximum atomic E-state index is 11.5. The molecular weight excluding hydrogens is 176 g/mol. The van der Waals surface area contributed by atoms with Crippen LogP contribution in [0.3, 0.4) is 0 Å². The fourth-order valence-electron chi connectivity index (χ4n) is 1.40. The van der Waals surface area contributed by atoms with Gasteiger partial charge < -0.3 is 4.74 Å². The smallest absolute Gasteiger partial charge is 0.162 e. The summed E-state index contributed by atoms with van der Waals surface area (Å²) in [5.74, 6) is 1.02. The minimum Gasteiger partial charge on any atom is -0.494 e. The van der Waals surface area contributed by atoms with E-state index >= 15 is 0 Å². The molecule has 0 aliphatic heterocycles. The van der Waals surface area contributed by atoms with Crippen LogP contribution < -0.4 is 4.74 Å². The largest absolute Gasteiger partial charge is 0.494 e. The van der Waals surface area contributed by atoms with Crippen LogP contribution >= 0.6 is 0 Å². The second kappa shape index (κ2) is 4.80. The zero-order valence-electron chi connectivity index (χ0n) is 8.96. The summed E-state index contributed by atoms with van der Waals surface area (Å²) in [6.07, 6.45) is 0.550. The molecule has 0 N–H and O–H groups in total. The molecule has 0 heterocycles. The average Bonchev–Trinajstić information content (AvgIpc) is 2.17. The van der Waals surface area contributed by atoms with Gasteiger partial charge in [-0.05, 0) is 37.6 Å². The van der Waals surface area contributed by atoms with Gasteiger partial charge in [0.2, 0.25) is 0 Å². The van der Waals surface area contributed by atoms with Crippen molar-refractivity contribution >= 4 is 5.78 Å². The number of carbonyl (C=O) groups is 1. The van der Waals surface area contributed by atoms with Gasteiger partial charge in [0.15, 0.2) is 5.78 Å². The van der Waals surface area contributed by atoms with Gasteiger partial charge >= 0.3 is 0 Å². The molecule has 0 unspecified atom stereocenters. The molecule has 2 heteroatoms. The topological polar surface area (TPSA) is 26.3 Å². The van der Waals surface area contributed by atoms with Gasteiger partial charge in [0.25, 0.3) is 0 Å². The van der Waals surface area contributed by atoms with Crippen molar-refractivity contribution in [3.63, 3.8) is 0 Å². The van der Waals surface area contributed by atoms with Crippen LogP contribution in [0.5, 0.6) is 5.75 Å². The van der Waals surface area contributed by atoms with Crippen molar-refractivity contribution in [2.24, 2.45) is 0 Å². The highest BCUT2D eigenvalue weighted by atomic mass is 16.5. The normalized spacial score (nSPS) is 9.93. The monoisotopic (exact) mass is 192 g/mol. The van der Waals surface area contributed by atoms with E-state index in [1.54, 1.807) is 0 Å². The Bertz CT molecular complexity index is 329. The lowest BCUT2D eigenvalue weighted by molar-refractivity contribution is 0.0987. The van der Waals surface area contributed by atoms with E-state index in [9.17, 15) is 4.79 Å². The number of ether oxygens (including phenoxy) is 1. The first-order chi connectivity index (χ1) is 6.69. The van der Waals surface area contributed by atoms with E-state index in [1.807, 2.05) is 39.0 Å². The van der Waals surface area contributed by atoms with Crippen LogP contribution in [0.2, 0.25) is 0 Å². The average molecular weight is 192 g/mol. The zero-order chi connectivity index (χ0) is 10.6. The molecule has 76 valence electrons. The van der Waals surface area contributed by atoms with E-state index in [-0.39, 0.29) is 5.78 Å². The Hall–Kier alpha value is -1.31. The van der Waals surface area contributed by atoms with Gasteiger partial charge in [0.05, 0.1) is 6.61 Å². The molecule has 1 rings (SSSR count). The number of aryl methyl sites for hydroxylation is 1. The summed E-state index contributed by atoms with van der Waals surface area (Å²) in [6.45, 7) is 6.41. The van der Waals surface area contributed by atoms with Gasteiger partial charge in [-0.25, -0.2) is 0 Å². The van der Waals surface area contributed by atoms with Gasteiger partial charge in [-0.15, -0.1) is 0 Å². The van der Waals surface area contributed by atoms with Crippen LogP contribution in [0, 0.1) is 6.92 Å². The Kier molecular flexibility index (Phi) is 3.69. The Morgan fingerprint density at radius 1 is 1.36 bits per heavy atom. The van der Waals surface area contributed by atoms with Crippen LogP contribution in [-0.2, 0) is 0 Å². The molecule has 0 fully saturated rings. The zero-order valence-corrected chi connectivity index (χ0v) is 8.96. The van der Waals surface area contributed by atoms with Crippen molar-refractivity contribution in [2.75, 3.05) is 6.61 Å². The molecular formula is C12H16O2. The molecule has 0 saturated carbocycles. The Morgan fingerprint density at radius 2 is 2.07 bits per heavy atom. The lowest BCUT2D eigenvalue weighted by Crippen LogP contribution is -2.00. The first-order valence-electron chi connectivity index (χ1n) is 4.95. The predicted octanol–water partition coefficient (Wildman–Crippen LogP) is 2.99. The SMILES string of the molecule is CCOc1ccc(C(=O)CC)c(C)c1. The highest BCUT2D eigenvalue weighted by Gasteiger charge is 2.07. The number of Topliss-reactive ketones (excluding diaryl/α,β-unsaturated/α-hetero) is 1. The lowest BCUT2D eigenvalue weighted by Gasteiger charge is -2.07.